The Bertz CT molecular complexity index is 288. The predicted molar refractivity (Wildman–Crippen MR) is 78.1 cm³/mol. The normalized spacial score (nSPS) is 27.2. The topological polar surface area (TPSA) is 66.6 Å². The molecule has 4 heteroatoms. The number of carboxylic acid groups (broad SMARTS) is 1. The molecule has 1 saturated carbocycles. The summed E-state index contributed by atoms with van der Waals surface area (Å²) in [6.07, 6.45) is 7.11. The van der Waals surface area contributed by atoms with Gasteiger partial charge in [-0.25, -0.2) is 0 Å². The first-order chi connectivity index (χ1) is 8.89. The third kappa shape index (κ3) is 4.77. The highest BCUT2D eigenvalue weighted by Crippen LogP contribution is 2.26. The summed E-state index contributed by atoms with van der Waals surface area (Å²) < 4.78 is 0. The zero-order chi connectivity index (χ0) is 14.5. The van der Waals surface area contributed by atoms with E-state index in [0.717, 1.165) is 18.9 Å². The van der Waals surface area contributed by atoms with Gasteiger partial charge in [-0.05, 0) is 64.5 Å². The van der Waals surface area contributed by atoms with Crippen LogP contribution in [0.1, 0.15) is 58.8 Å². The number of aliphatic carboxylic acids is 1. The minimum atomic E-state index is -1.04. The molecule has 0 aromatic heterocycles. The van der Waals surface area contributed by atoms with Crippen LogP contribution in [0.3, 0.4) is 0 Å². The zero-order valence-corrected chi connectivity index (χ0v) is 12.7. The quantitative estimate of drug-likeness (QED) is 0.746. The molecule has 0 bridgehead atoms. The maximum absolute atomic E-state index is 11.1. The molecule has 4 nitrogen and oxygen atoms in total. The fourth-order valence-electron chi connectivity index (χ4n) is 2.94. The molecule has 1 fully saturated rings. The van der Waals surface area contributed by atoms with E-state index in [2.05, 4.69) is 18.9 Å². The third-order valence-electron chi connectivity index (χ3n) is 4.80. The first-order valence-electron chi connectivity index (χ1n) is 7.61. The highest BCUT2D eigenvalue weighted by molar-refractivity contribution is 5.78. The SMILES string of the molecule is CCC(N)(CCCN(C)C1CCC(C)CC1)C(=O)O. The molecule has 0 radical (unpaired) electrons. The maximum atomic E-state index is 11.1. The Morgan fingerprint density at radius 1 is 1.37 bits per heavy atom. The van der Waals surface area contributed by atoms with Crippen molar-refractivity contribution in [3.8, 4) is 0 Å². The second-order valence-corrected chi connectivity index (χ2v) is 6.31. The standard InChI is InChI=1S/C15H30N2O2/c1-4-15(16,14(18)19)10-5-11-17(3)13-8-6-12(2)7-9-13/h12-13H,4-11,16H2,1-3H3,(H,18,19). The fourth-order valence-corrected chi connectivity index (χ4v) is 2.94. The zero-order valence-electron chi connectivity index (χ0n) is 12.7. The van der Waals surface area contributed by atoms with Crippen LogP contribution in [0.25, 0.3) is 0 Å². The Morgan fingerprint density at radius 3 is 2.42 bits per heavy atom. The molecule has 0 heterocycles. The van der Waals surface area contributed by atoms with E-state index in [1.54, 1.807) is 0 Å². The number of hydrogen-bond donors (Lipinski definition) is 2. The molecule has 1 aliphatic rings. The molecular formula is C15H30N2O2. The number of rotatable bonds is 7. The largest absolute Gasteiger partial charge is 0.480 e. The van der Waals surface area contributed by atoms with Gasteiger partial charge in [0.05, 0.1) is 0 Å². The third-order valence-corrected chi connectivity index (χ3v) is 4.80. The van der Waals surface area contributed by atoms with E-state index in [1.807, 2.05) is 6.92 Å². The van der Waals surface area contributed by atoms with Crippen molar-refractivity contribution < 1.29 is 9.90 Å². The maximum Gasteiger partial charge on any atom is 0.323 e. The van der Waals surface area contributed by atoms with Crippen LogP contribution in [-0.4, -0.2) is 41.1 Å². The fraction of sp³-hybridized carbons (Fsp3) is 0.933. The number of nitrogens with zero attached hydrogens (tertiary/aromatic N) is 1. The number of nitrogens with two attached hydrogens (primary N) is 1. The lowest BCUT2D eigenvalue weighted by Gasteiger charge is -2.34. The minimum absolute atomic E-state index is 0.493. The average molecular weight is 270 g/mol. The molecular weight excluding hydrogens is 240 g/mol. The van der Waals surface area contributed by atoms with Gasteiger partial charge >= 0.3 is 5.97 Å². The first kappa shape index (κ1) is 16.4. The van der Waals surface area contributed by atoms with Crippen molar-refractivity contribution in [1.82, 2.24) is 4.90 Å². The van der Waals surface area contributed by atoms with Gasteiger partial charge in [-0.3, -0.25) is 4.79 Å². The van der Waals surface area contributed by atoms with Gasteiger partial charge in [0.2, 0.25) is 0 Å². The predicted octanol–water partition coefficient (Wildman–Crippen LogP) is 2.47. The van der Waals surface area contributed by atoms with Crippen LogP contribution in [0.15, 0.2) is 0 Å². The van der Waals surface area contributed by atoms with E-state index in [-0.39, 0.29) is 0 Å². The van der Waals surface area contributed by atoms with E-state index in [4.69, 9.17) is 10.8 Å². The van der Waals surface area contributed by atoms with Crippen molar-refractivity contribution in [3.05, 3.63) is 0 Å². The van der Waals surface area contributed by atoms with E-state index in [0.29, 0.717) is 18.9 Å². The van der Waals surface area contributed by atoms with Gasteiger partial charge in [0.25, 0.3) is 0 Å². The molecule has 1 atom stereocenters. The summed E-state index contributed by atoms with van der Waals surface area (Å²) in [5, 5.41) is 9.14. The van der Waals surface area contributed by atoms with Crippen molar-refractivity contribution in [2.45, 2.75) is 70.4 Å². The molecule has 3 N–H and O–H groups in total. The molecule has 19 heavy (non-hydrogen) atoms. The van der Waals surface area contributed by atoms with Gasteiger partial charge in [0, 0.05) is 6.04 Å². The summed E-state index contributed by atoms with van der Waals surface area (Å²) in [5.41, 5.74) is 4.87. The number of carbonyl (C=O) groups is 1. The van der Waals surface area contributed by atoms with Crippen LogP contribution in [-0.2, 0) is 4.79 Å². The molecule has 1 aliphatic carbocycles. The van der Waals surface area contributed by atoms with Crippen LogP contribution in [0.4, 0.5) is 0 Å². The molecule has 1 unspecified atom stereocenters. The smallest absolute Gasteiger partial charge is 0.323 e. The van der Waals surface area contributed by atoms with Crippen LogP contribution in [0, 0.1) is 5.92 Å². The van der Waals surface area contributed by atoms with Gasteiger partial charge in [-0.15, -0.1) is 0 Å². The van der Waals surface area contributed by atoms with Gasteiger partial charge < -0.3 is 15.7 Å². The second kappa shape index (κ2) is 7.25. The van der Waals surface area contributed by atoms with E-state index >= 15 is 0 Å². The van der Waals surface area contributed by atoms with Crippen molar-refractivity contribution in [1.29, 1.82) is 0 Å². The van der Waals surface area contributed by atoms with E-state index in [9.17, 15) is 4.79 Å². The second-order valence-electron chi connectivity index (χ2n) is 6.31. The summed E-state index contributed by atoms with van der Waals surface area (Å²) >= 11 is 0. The summed E-state index contributed by atoms with van der Waals surface area (Å²) in [5.74, 6) is -0.00223. The van der Waals surface area contributed by atoms with Crippen molar-refractivity contribution in [2.24, 2.45) is 11.7 Å². The van der Waals surface area contributed by atoms with Crippen LogP contribution >= 0.6 is 0 Å². The van der Waals surface area contributed by atoms with Crippen molar-refractivity contribution in [2.75, 3.05) is 13.6 Å². The van der Waals surface area contributed by atoms with Gasteiger partial charge in [-0.2, -0.15) is 0 Å². The van der Waals surface area contributed by atoms with Gasteiger partial charge in [-0.1, -0.05) is 13.8 Å². The van der Waals surface area contributed by atoms with Crippen LogP contribution in [0.2, 0.25) is 0 Å². The minimum Gasteiger partial charge on any atom is -0.480 e. The van der Waals surface area contributed by atoms with E-state index < -0.39 is 11.5 Å². The molecule has 0 saturated heterocycles. The summed E-state index contributed by atoms with van der Waals surface area (Å²) in [4.78, 5) is 13.5. The van der Waals surface area contributed by atoms with Gasteiger partial charge in [0.1, 0.15) is 5.54 Å². The average Bonchev–Trinajstić information content (AvgIpc) is 2.38. The van der Waals surface area contributed by atoms with E-state index in [1.165, 1.54) is 25.7 Å². The molecule has 0 spiro atoms. The lowest BCUT2D eigenvalue weighted by atomic mass is 9.86. The van der Waals surface area contributed by atoms with Gasteiger partial charge in [0.15, 0.2) is 0 Å². The first-order valence-corrected chi connectivity index (χ1v) is 7.61. The Kier molecular flexibility index (Phi) is 6.27. The highest BCUT2D eigenvalue weighted by Gasteiger charge is 2.31. The molecule has 1 rings (SSSR count). The Morgan fingerprint density at radius 2 is 1.95 bits per heavy atom. The van der Waals surface area contributed by atoms with Crippen LogP contribution < -0.4 is 5.73 Å². The highest BCUT2D eigenvalue weighted by atomic mass is 16.4. The molecule has 0 aromatic carbocycles. The molecule has 0 aromatic rings. The monoisotopic (exact) mass is 270 g/mol. The summed E-state index contributed by atoms with van der Waals surface area (Å²) in [6, 6.07) is 0.676. The number of carboxylic acids is 1. The summed E-state index contributed by atoms with van der Waals surface area (Å²) in [6.45, 7) is 5.12. The lowest BCUT2D eigenvalue weighted by Crippen LogP contribution is -2.48. The lowest BCUT2D eigenvalue weighted by molar-refractivity contribution is -0.143. The molecule has 0 aliphatic heterocycles. The Labute approximate surface area is 117 Å². The Hall–Kier alpha value is -0.610. The number of hydrogen-bond acceptors (Lipinski definition) is 3. The van der Waals surface area contributed by atoms with Crippen LogP contribution in [0.5, 0.6) is 0 Å². The van der Waals surface area contributed by atoms with Crippen molar-refractivity contribution >= 4 is 5.97 Å². The molecule has 0 amide bonds. The molecule has 112 valence electrons. The summed E-state index contributed by atoms with van der Waals surface area (Å²) in [7, 11) is 2.16. The van der Waals surface area contributed by atoms with Crippen molar-refractivity contribution in [3.63, 3.8) is 0 Å². The Balaban J connectivity index is 2.30.